The van der Waals surface area contributed by atoms with E-state index in [4.69, 9.17) is 4.42 Å². The lowest BCUT2D eigenvalue weighted by atomic mass is 9.88. The highest BCUT2D eigenvalue weighted by molar-refractivity contribution is 5.94. The number of carbonyl (C=O) groups excluding carboxylic acids is 1. The van der Waals surface area contributed by atoms with Crippen LogP contribution in [0.3, 0.4) is 0 Å². The number of anilines is 1. The van der Waals surface area contributed by atoms with Crippen molar-refractivity contribution in [1.29, 1.82) is 0 Å². The maximum atomic E-state index is 12.4. The summed E-state index contributed by atoms with van der Waals surface area (Å²) in [5, 5.41) is 6.13. The van der Waals surface area contributed by atoms with E-state index in [1.165, 1.54) is 0 Å². The average Bonchev–Trinajstić information content (AvgIpc) is 2.78. The summed E-state index contributed by atoms with van der Waals surface area (Å²) in [7, 11) is 3.91. The average molecular weight is 332 g/mol. The Morgan fingerprint density at radius 1 is 1.46 bits per heavy atom. The Bertz CT molecular complexity index is 789. The van der Waals surface area contributed by atoms with Crippen LogP contribution in [0.25, 0.3) is 11.1 Å². The molecule has 0 spiro atoms. The molecule has 1 aliphatic heterocycles. The van der Waals surface area contributed by atoms with Crippen molar-refractivity contribution in [2.75, 3.05) is 39.0 Å². The molecule has 0 bridgehead atoms. The number of amides is 1. The Morgan fingerprint density at radius 3 is 2.83 bits per heavy atom. The summed E-state index contributed by atoms with van der Waals surface area (Å²) >= 11 is 0. The molecule has 24 heavy (non-hydrogen) atoms. The maximum absolute atomic E-state index is 12.4. The van der Waals surface area contributed by atoms with E-state index in [0.29, 0.717) is 29.2 Å². The van der Waals surface area contributed by atoms with Gasteiger partial charge in [-0.2, -0.15) is 0 Å². The number of hydrogen-bond donors (Lipinski definition) is 2. The quantitative estimate of drug-likeness (QED) is 0.823. The molecule has 1 fully saturated rings. The fourth-order valence-electron chi connectivity index (χ4n) is 2.79. The van der Waals surface area contributed by atoms with Gasteiger partial charge in [0.15, 0.2) is 5.58 Å². The summed E-state index contributed by atoms with van der Waals surface area (Å²) in [4.78, 5) is 26.4. The molecule has 0 radical (unpaired) electrons. The second-order valence-corrected chi connectivity index (χ2v) is 6.70. The molecule has 1 amide bonds. The van der Waals surface area contributed by atoms with E-state index in [-0.39, 0.29) is 17.6 Å². The van der Waals surface area contributed by atoms with Crippen LogP contribution in [0.2, 0.25) is 0 Å². The van der Waals surface area contributed by atoms with Crippen molar-refractivity contribution in [2.45, 2.75) is 13.5 Å². The minimum atomic E-state index is -0.371. The highest BCUT2D eigenvalue weighted by Crippen LogP contribution is 2.21. The van der Waals surface area contributed by atoms with Crippen molar-refractivity contribution in [3.8, 4) is 0 Å². The van der Waals surface area contributed by atoms with Gasteiger partial charge in [-0.1, -0.05) is 6.92 Å². The number of aromatic nitrogens is 1. The molecule has 130 valence electrons. The third-order valence-electron chi connectivity index (χ3n) is 4.64. The molecule has 1 saturated heterocycles. The fourth-order valence-corrected chi connectivity index (χ4v) is 2.79. The normalized spacial score (nSPS) is 16.3. The van der Waals surface area contributed by atoms with Crippen molar-refractivity contribution in [1.82, 2.24) is 14.8 Å². The predicted octanol–water partition coefficient (Wildman–Crippen LogP) is 0.950. The van der Waals surface area contributed by atoms with E-state index >= 15 is 0 Å². The summed E-state index contributed by atoms with van der Waals surface area (Å²) in [6.45, 7) is 5.00. The second-order valence-electron chi connectivity index (χ2n) is 6.70. The molecule has 1 aliphatic rings. The number of likely N-dealkylation sites (N-methyl/N-ethyl adjacent to an activating group) is 1. The number of rotatable bonds is 6. The van der Waals surface area contributed by atoms with Crippen LogP contribution >= 0.6 is 0 Å². The van der Waals surface area contributed by atoms with Gasteiger partial charge in [0.05, 0.1) is 5.52 Å². The van der Waals surface area contributed by atoms with Gasteiger partial charge in [0, 0.05) is 24.7 Å². The Kier molecular flexibility index (Phi) is 4.73. The van der Waals surface area contributed by atoms with Gasteiger partial charge in [-0.3, -0.25) is 9.36 Å². The van der Waals surface area contributed by atoms with Crippen LogP contribution in [0.5, 0.6) is 0 Å². The molecule has 2 N–H and O–H groups in total. The lowest BCUT2D eigenvalue weighted by Gasteiger charge is -2.31. The highest BCUT2D eigenvalue weighted by Gasteiger charge is 2.28. The van der Waals surface area contributed by atoms with Crippen molar-refractivity contribution in [3.63, 3.8) is 0 Å². The molecular weight excluding hydrogens is 308 g/mol. The minimum absolute atomic E-state index is 0.00605. The molecule has 2 heterocycles. The van der Waals surface area contributed by atoms with Gasteiger partial charge in [0.2, 0.25) is 5.91 Å². The number of hydrogen-bond acceptors (Lipinski definition) is 5. The number of nitrogens with one attached hydrogen (secondary N) is 2. The first-order valence-electron chi connectivity index (χ1n) is 8.25. The number of nitrogens with zero attached hydrogens (tertiary/aromatic N) is 2. The SMILES string of the molecule is CC(C(=O)Nc1ccc2oc(=O)n(CCN(C)C)c2c1)C1CNC1. The van der Waals surface area contributed by atoms with Gasteiger partial charge in [-0.05, 0) is 51.3 Å². The number of carbonyl (C=O) groups is 1. The van der Waals surface area contributed by atoms with Crippen LogP contribution in [0.15, 0.2) is 27.4 Å². The first-order valence-corrected chi connectivity index (χ1v) is 8.25. The van der Waals surface area contributed by atoms with E-state index in [9.17, 15) is 9.59 Å². The van der Waals surface area contributed by atoms with Crippen LogP contribution < -0.4 is 16.4 Å². The van der Waals surface area contributed by atoms with Crippen LogP contribution in [-0.4, -0.2) is 49.1 Å². The third kappa shape index (κ3) is 3.37. The van der Waals surface area contributed by atoms with E-state index in [1.54, 1.807) is 22.8 Å². The monoisotopic (exact) mass is 332 g/mol. The van der Waals surface area contributed by atoms with Crippen molar-refractivity contribution in [3.05, 3.63) is 28.7 Å². The summed E-state index contributed by atoms with van der Waals surface area (Å²) < 4.78 is 6.87. The van der Waals surface area contributed by atoms with Crippen LogP contribution in [-0.2, 0) is 11.3 Å². The molecule has 1 unspecified atom stereocenters. The topological polar surface area (TPSA) is 79.5 Å². The van der Waals surface area contributed by atoms with E-state index < -0.39 is 0 Å². The summed E-state index contributed by atoms with van der Waals surface area (Å²) in [5.74, 6) is -0.0149. The molecule has 1 aromatic heterocycles. The summed E-state index contributed by atoms with van der Waals surface area (Å²) in [5.41, 5.74) is 1.93. The molecule has 7 heteroatoms. The number of benzene rings is 1. The lowest BCUT2D eigenvalue weighted by Crippen LogP contribution is -2.48. The smallest absolute Gasteiger partial charge is 0.408 e. The minimum Gasteiger partial charge on any atom is -0.408 e. The third-order valence-corrected chi connectivity index (χ3v) is 4.64. The Hall–Kier alpha value is -2.12. The largest absolute Gasteiger partial charge is 0.419 e. The first-order chi connectivity index (χ1) is 11.5. The molecule has 2 aromatic rings. The van der Waals surface area contributed by atoms with Crippen molar-refractivity contribution < 1.29 is 9.21 Å². The highest BCUT2D eigenvalue weighted by atomic mass is 16.4. The van der Waals surface area contributed by atoms with Crippen LogP contribution in [0.1, 0.15) is 6.92 Å². The Labute approximate surface area is 140 Å². The zero-order chi connectivity index (χ0) is 17.3. The van der Waals surface area contributed by atoms with Crippen LogP contribution in [0, 0.1) is 11.8 Å². The molecule has 7 nitrogen and oxygen atoms in total. The second kappa shape index (κ2) is 6.78. The molecule has 0 saturated carbocycles. The molecule has 1 atom stereocenters. The summed E-state index contributed by atoms with van der Waals surface area (Å²) in [6.07, 6.45) is 0. The fraction of sp³-hybridized carbons (Fsp3) is 0.529. The zero-order valence-electron chi connectivity index (χ0n) is 14.3. The zero-order valence-corrected chi connectivity index (χ0v) is 14.3. The van der Waals surface area contributed by atoms with Gasteiger partial charge in [0.25, 0.3) is 0 Å². The van der Waals surface area contributed by atoms with Crippen molar-refractivity contribution >= 4 is 22.7 Å². The summed E-state index contributed by atoms with van der Waals surface area (Å²) in [6, 6.07) is 5.30. The Morgan fingerprint density at radius 2 is 2.21 bits per heavy atom. The van der Waals surface area contributed by atoms with E-state index in [1.807, 2.05) is 25.9 Å². The molecular formula is C17H24N4O3. The predicted molar refractivity (Wildman–Crippen MR) is 93.2 cm³/mol. The van der Waals surface area contributed by atoms with E-state index in [2.05, 4.69) is 10.6 Å². The van der Waals surface area contributed by atoms with Gasteiger partial charge in [0.1, 0.15) is 0 Å². The van der Waals surface area contributed by atoms with Gasteiger partial charge < -0.3 is 20.0 Å². The molecule has 1 aromatic carbocycles. The molecule has 0 aliphatic carbocycles. The maximum Gasteiger partial charge on any atom is 0.419 e. The molecule has 3 rings (SSSR count). The standard InChI is InChI=1S/C17H24N4O3/c1-11(12-9-18-10-12)16(22)19-13-4-5-15-14(8-13)21(17(23)24-15)7-6-20(2)3/h4-5,8,11-12,18H,6-7,9-10H2,1-3H3,(H,19,22). The van der Waals surface area contributed by atoms with Gasteiger partial charge in [-0.25, -0.2) is 4.79 Å². The number of fused-ring (bicyclic) bond motifs is 1. The van der Waals surface area contributed by atoms with E-state index in [0.717, 1.165) is 19.6 Å². The number of oxazole rings is 1. The first kappa shape index (κ1) is 16.7. The van der Waals surface area contributed by atoms with Gasteiger partial charge >= 0.3 is 5.76 Å². The van der Waals surface area contributed by atoms with Crippen molar-refractivity contribution in [2.24, 2.45) is 11.8 Å². The lowest BCUT2D eigenvalue weighted by molar-refractivity contribution is -0.121. The van der Waals surface area contributed by atoms with Crippen LogP contribution in [0.4, 0.5) is 5.69 Å². The van der Waals surface area contributed by atoms with Gasteiger partial charge in [-0.15, -0.1) is 0 Å². The Balaban J connectivity index is 1.80.